The Morgan fingerprint density at radius 2 is 2.12 bits per heavy atom. The summed E-state index contributed by atoms with van der Waals surface area (Å²) in [5.41, 5.74) is 3.29. The second-order valence-electron chi connectivity index (χ2n) is 8.41. The lowest BCUT2D eigenvalue weighted by Gasteiger charge is -2.28. The number of hydrogen-bond donors (Lipinski definition) is 1. The van der Waals surface area contributed by atoms with Gasteiger partial charge in [-0.25, -0.2) is 4.98 Å². The number of carbonyl (C=O) groups is 2. The minimum Gasteiger partial charge on any atom is -0.340 e. The van der Waals surface area contributed by atoms with Gasteiger partial charge in [0.25, 0.3) is 0 Å². The monoisotopic (exact) mass is 474 g/mol. The maximum absolute atomic E-state index is 13.2. The number of aromatic nitrogens is 3. The topological polar surface area (TPSA) is 83.4 Å². The van der Waals surface area contributed by atoms with Crippen molar-refractivity contribution in [2.45, 2.75) is 38.5 Å². The number of aryl methyl sites for hydroxylation is 1. The Morgan fingerprint density at radius 3 is 2.85 bits per heavy atom. The first-order valence-corrected chi connectivity index (χ1v) is 10.9. The molecule has 11 heteroatoms. The standard InChI is InChI=1S/C23H25F3N6O2/c1-15-16(12-31(14-33)13-21(34)32-9-3-4-20(32)23(24,25)26)7-8-27-22(15)29-18-5-6-19-17(10-18)11-28-30(19)2/h5-8,10-11,14,20H,3-4,9,12-13H2,1-2H3,(H,27,29). The van der Waals surface area contributed by atoms with Crippen molar-refractivity contribution < 1.29 is 22.8 Å². The molecule has 0 saturated carbocycles. The maximum Gasteiger partial charge on any atom is 0.408 e. The molecule has 1 fully saturated rings. The molecule has 4 rings (SSSR count). The average molecular weight is 474 g/mol. The van der Waals surface area contributed by atoms with Gasteiger partial charge in [0, 0.05) is 37.4 Å². The van der Waals surface area contributed by atoms with Crippen molar-refractivity contribution in [1.29, 1.82) is 0 Å². The van der Waals surface area contributed by atoms with Gasteiger partial charge in [0.15, 0.2) is 0 Å². The highest BCUT2D eigenvalue weighted by atomic mass is 19.4. The summed E-state index contributed by atoms with van der Waals surface area (Å²) < 4.78 is 41.4. The number of pyridine rings is 1. The van der Waals surface area contributed by atoms with E-state index in [2.05, 4.69) is 15.4 Å². The zero-order valence-corrected chi connectivity index (χ0v) is 18.8. The number of rotatable bonds is 7. The molecule has 1 aromatic carbocycles. The van der Waals surface area contributed by atoms with Gasteiger partial charge in [-0.05, 0) is 55.2 Å². The molecule has 0 radical (unpaired) electrons. The predicted octanol–water partition coefficient (Wildman–Crippen LogP) is 3.53. The molecule has 1 unspecified atom stereocenters. The predicted molar refractivity (Wildman–Crippen MR) is 120 cm³/mol. The molecule has 3 heterocycles. The number of fused-ring (bicyclic) bond motifs is 1. The zero-order valence-electron chi connectivity index (χ0n) is 18.8. The first-order chi connectivity index (χ1) is 16.2. The van der Waals surface area contributed by atoms with E-state index in [0.717, 1.165) is 32.6 Å². The maximum atomic E-state index is 13.2. The van der Waals surface area contributed by atoms with Crippen LogP contribution in [-0.2, 0) is 23.2 Å². The van der Waals surface area contributed by atoms with Crippen LogP contribution < -0.4 is 5.32 Å². The van der Waals surface area contributed by atoms with Gasteiger partial charge in [-0.15, -0.1) is 0 Å². The Hall–Kier alpha value is -3.63. The van der Waals surface area contributed by atoms with Crippen LogP contribution in [0.5, 0.6) is 0 Å². The number of anilines is 2. The third-order valence-electron chi connectivity index (χ3n) is 6.14. The molecule has 0 spiro atoms. The second kappa shape index (κ2) is 9.32. The van der Waals surface area contributed by atoms with E-state index >= 15 is 0 Å². The molecule has 2 amide bonds. The van der Waals surface area contributed by atoms with Gasteiger partial charge in [-0.2, -0.15) is 18.3 Å². The summed E-state index contributed by atoms with van der Waals surface area (Å²) in [6, 6.07) is 5.72. The normalized spacial score (nSPS) is 16.1. The van der Waals surface area contributed by atoms with Gasteiger partial charge in [0.1, 0.15) is 11.9 Å². The van der Waals surface area contributed by atoms with E-state index in [4.69, 9.17) is 0 Å². The quantitative estimate of drug-likeness (QED) is 0.530. The van der Waals surface area contributed by atoms with E-state index in [9.17, 15) is 22.8 Å². The molecule has 1 saturated heterocycles. The summed E-state index contributed by atoms with van der Waals surface area (Å²) in [7, 11) is 1.86. The van der Waals surface area contributed by atoms with E-state index < -0.39 is 24.7 Å². The van der Waals surface area contributed by atoms with Gasteiger partial charge in [-0.3, -0.25) is 14.3 Å². The van der Waals surface area contributed by atoms with E-state index in [1.807, 2.05) is 32.2 Å². The van der Waals surface area contributed by atoms with Crippen LogP contribution in [0.4, 0.5) is 24.7 Å². The van der Waals surface area contributed by atoms with E-state index in [1.165, 1.54) is 4.90 Å². The van der Waals surface area contributed by atoms with Crippen LogP contribution in [0.25, 0.3) is 10.9 Å². The third kappa shape index (κ3) is 4.82. The molecule has 34 heavy (non-hydrogen) atoms. The summed E-state index contributed by atoms with van der Waals surface area (Å²) in [4.78, 5) is 30.6. The molecule has 0 aliphatic carbocycles. The number of benzene rings is 1. The number of carbonyl (C=O) groups excluding carboxylic acids is 2. The summed E-state index contributed by atoms with van der Waals surface area (Å²) in [5.74, 6) is -0.128. The number of alkyl halides is 3. The molecule has 0 bridgehead atoms. The number of hydrogen-bond acceptors (Lipinski definition) is 5. The van der Waals surface area contributed by atoms with E-state index in [-0.39, 0.29) is 19.5 Å². The molecule has 8 nitrogen and oxygen atoms in total. The van der Waals surface area contributed by atoms with Gasteiger partial charge < -0.3 is 15.1 Å². The highest BCUT2D eigenvalue weighted by Crippen LogP contribution is 2.32. The number of halogens is 3. The van der Waals surface area contributed by atoms with Crippen LogP contribution in [-0.4, -0.2) is 62.2 Å². The third-order valence-corrected chi connectivity index (χ3v) is 6.14. The molecule has 2 aromatic heterocycles. The molecule has 180 valence electrons. The number of amides is 2. The Morgan fingerprint density at radius 1 is 1.32 bits per heavy atom. The van der Waals surface area contributed by atoms with Crippen LogP contribution in [0.1, 0.15) is 24.0 Å². The Labute approximate surface area is 194 Å². The Balaban J connectivity index is 1.46. The van der Waals surface area contributed by atoms with Crippen molar-refractivity contribution in [3.63, 3.8) is 0 Å². The van der Waals surface area contributed by atoms with Crippen LogP contribution in [0.3, 0.4) is 0 Å². The van der Waals surface area contributed by atoms with Crippen LogP contribution in [0.15, 0.2) is 36.7 Å². The smallest absolute Gasteiger partial charge is 0.340 e. The molecular formula is C23H25F3N6O2. The zero-order chi connectivity index (χ0) is 24.5. The fourth-order valence-corrected chi connectivity index (χ4v) is 4.27. The van der Waals surface area contributed by atoms with Crippen LogP contribution in [0, 0.1) is 6.92 Å². The van der Waals surface area contributed by atoms with Gasteiger partial charge in [-0.1, -0.05) is 0 Å². The first-order valence-electron chi connectivity index (χ1n) is 10.9. The highest BCUT2D eigenvalue weighted by molar-refractivity contribution is 5.83. The first kappa shape index (κ1) is 23.5. The second-order valence-corrected chi connectivity index (χ2v) is 8.41. The SMILES string of the molecule is Cc1c(CN(C=O)CC(=O)N2CCCC2C(F)(F)F)ccnc1Nc1ccc2c(cnn2C)c1. The number of likely N-dealkylation sites (tertiary alicyclic amines) is 1. The van der Waals surface area contributed by atoms with Crippen molar-refractivity contribution in [1.82, 2.24) is 24.6 Å². The van der Waals surface area contributed by atoms with Gasteiger partial charge >= 0.3 is 6.18 Å². The Bertz CT molecular complexity index is 1210. The highest BCUT2D eigenvalue weighted by Gasteiger charge is 2.47. The fraction of sp³-hybridized carbons (Fsp3) is 0.391. The van der Waals surface area contributed by atoms with Crippen molar-refractivity contribution in [3.05, 3.63) is 47.8 Å². The molecular weight excluding hydrogens is 449 g/mol. The van der Waals surface area contributed by atoms with Crippen LogP contribution >= 0.6 is 0 Å². The largest absolute Gasteiger partial charge is 0.408 e. The number of nitrogens with one attached hydrogen (secondary N) is 1. The van der Waals surface area contributed by atoms with Gasteiger partial charge in [0.05, 0.1) is 18.3 Å². The lowest BCUT2D eigenvalue weighted by atomic mass is 10.1. The summed E-state index contributed by atoms with van der Waals surface area (Å²) in [5, 5.41) is 8.45. The average Bonchev–Trinajstić information content (AvgIpc) is 3.43. The van der Waals surface area contributed by atoms with Crippen LogP contribution in [0.2, 0.25) is 0 Å². The molecule has 1 N–H and O–H groups in total. The molecule has 1 atom stereocenters. The van der Waals surface area contributed by atoms with Gasteiger partial charge in [0.2, 0.25) is 12.3 Å². The minimum absolute atomic E-state index is 0.0410. The summed E-state index contributed by atoms with van der Waals surface area (Å²) >= 11 is 0. The van der Waals surface area contributed by atoms with Crippen molar-refractivity contribution in [2.75, 3.05) is 18.4 Å². The molecule has 3 aromatic rings. The fourth-order valence-electron chi connectivity index (χ4n) is 4.27. The Kier molecular flexibility index (Phi) is 6.45. The lowest BCUT2D eigenvalue weighted by molar-refractivity contribution is -0.183. The van der Waals surface area contributed by atoms with Crippen molar-refractivity contribution in [3.8, 4) is 0 Å². The molecule has 1 aliphatic heterocycles. The van der Waals surface area contributed by atoms with E-state index in [0.29, 0.717) is 18.6 Å². The minimum atomic E-state index is -4.47. The van der Waals surface area contributed by atoms with Crippen molar-refractivity contribution >= 4 is 34.7 Å². The summed E-state index contributed by atoms with van der Waals surface area (Å²) in [6.45, 7) is 1.53. The van der Waals surface area contributed by atoms with E-state index in [1.54, 1.807) is 23.1 Å². The lowest BCUT2D eigenvalue weighted by Crippen LogP contribution is -2.48. The van der Waals surface area contributed by atoms with Crippen molar-refractivity contribution in [2.24, 2.45) is 7.05 Å². The number of nitrogens with zero attached hydrogens (tertiary/aromatic N) is 5. The summed E-state index contributed by atoms with van der Waals surface area (Å²) in [6.07, 6.45) is -0.461. The molecule has 1 aliphatic rings.